The number of benzene rings is 1. The predicted octanol–water partition coefficient (Wildman–Crippen LogP) is 4.63. The highest BCUT2D eigenvalue weighted by Gasteiger charge is 2.32. The van der Waals surface area contributed by atoms with Crippen molar-refractivity contribution in [2.75, 3.05) is 20.3 Å². The minimum absolute atomic E-state index is 0.00396. The molecule has 1 aromatic carbocycles. The molecule has 0 aliphatic rings. The molecule has 1 aromatic heterocycles. The SMILES string of the molecule is COc1c[nH]c(=O)c(C(CCOC(C)C)C(=O)O)c1-c1cc(Cl)ccc1OCC(F)(F)F. The molecule has 11 heteroatoms. The Kier molecular flexibility index (Phi) is 8.57. The number of carbonyl (C=O) groups is 1. The maximum absolute atomic E-state index is 12.8. The molecule has 2 aromatic rings. The molecule has 1 atom stereocenters. The van der Waals surface area contributed by atoms with Gasteiger partial charge >= 0.3 is 12.1 Å². The van der Waals surface area contributed by atoms with Crippen LogP contribution in [0.5, 0.6) is 11.5 Å². The highest BCUT2D eigenvalue weighted by molar-refractivity contribution is 6.31. The van der Waals surface area contributed by atoms with E-state index in [-0.39, 0.29) is 52.3 Å². The molecule has 176 valence electrons. The average Bonchev–Trinajstić information content (AvgIpc) is 2.69. The van der Waals surface area contributed by atoms with Crippen LogP contribution in [-0.4, -0.2) is 48.7 Å². The second-order valence-corrected chi connectivity index (χ2v) is 7.55. The Labute approximate surface area is 187 Å². The summed E-state index contributed by atoms with van der Waals surface area (Å²) in [5, 5.41) is 9.97. The van der Waals surface area contributed by atoms with Crippen LogP contribution in [0.25, 0.3) is 11.1 Å². The van der Waals surface area contributed by atoms with E-state index >= 15 is 0 Å². The van der Waals surface area contributed by atoms with E-state index in [4.69, 9.17) is 25.8 Å². The van der Waals surface area contributed by atoms with Crippen molar-refractivity contribution < 1.29 is 37.3 Å². The van der Waals surface area contributed by atoms with Crippen molar-refractivity contribution in [3.8, 4) is 22.6 Å². The van der Waals surface area contributed by atoms with Gasteiger partial charge in [0, 0.05) is 34.5 Å². The second kappa shape index (κ2) is 10.7. The number of hydrogen-bond donors (Lipinski definition) is 2. The van der Waals surface area contributed by atoms with Gasteiger partial charge in [-0.05, 0) is 38.5 Å². The Balaban J connectivity index is 2.71. The number of rotatable bonds is 10. The van der Waals surface area contributed by atoms with Gasteiger partial charge in [-0.2, -0.15) is 13.2 Å². The zero-order chi connectivity index (χ0) is 24.1. The lowest BCUT2D eigenvalue weighted by Crippen LogP contribution is -2.25. The normalized spacial score (nSPS) is 12.6. The van der Waals surface area contributed by atoms with Crippen LogP contribution in [0.4, 0.5) is 13.2 Å². The fourth-order valence-electron chi connectivity index (χ4n) is 3.09. The topological polar surface area (TPSA) is 97.9 Å². The average molecular weight is 478 g/mol. The van der Waals surface area contributed by atoms with Crippen molar-refractivity contribution in [1.82, 2.24) is 4.98 Å². The molecule has 2 N–H and O–H groups in total. The molecule has 7 nitrogen and oxygen atoms in total. The smallest absolute Gasteiger partial charge is 0.422 e. The monoisotopic (exact) mass is 477 g/mol. The first-order valence-electron chi connectivity index (χ1n) is 9.58. The maximum Gasteiger partial charge on any atom is 0.422 e. The van der Waals surface area contributed by atoms with Gasteiger partial charge in [-0.15, -0.1) is 0 Å². The lowest BCUT2D eigenvalue weighted by Gasteiger charge is -2.21. The fourth-order valence-corrected chi connectivity index (χ4v) is 3.27. The van der Waals surface area contributed by atoms with Crippen LogP contribution >= 0.6 is 11.6 Å². The van der Waals surface area contributed by atoms with Gasteiger partial charge in [0.15, 0.2) is 6.61 Å². The van der Waals surface area contributed by atoms with E-state index in [0.717, 1.165) is 0 Å². The van der Waals surface area contributed by atoms with Crippen molar-refractivity contribution in [1.29, 1.82) is 0 Å². The van der Waals surface area contributed by atoms with Gasteiger partial charge in [-0.3, -0.25) is 9.59 Å². The standard InChI is InChI=1S/C21H23ClF3NO6/c1-11(2)31-7-6-13(20(28)29)18-17(16(30-3)9-26-19(18)27)14-8-12(22)4-5-15(14)32-10-21(23,24)25/h4-5,8-9,11,13H,6-7,10H2,1-3H3,(H,26,27)(H,28,29). The van der Waals surface area contributed by atoms with E-state index in [1.165, 1.54) is 31.5 Å². The molecule has 0 radical (unpaired) electrons. The zero-order valence-corrected chi connectivity index (χ0v) is 18.3. The molecule has 2 rings (SSSR count). The second-order valence-electron chi connectivity index (χ2n) is 7.12. The molecule has 0 fully saturated rings. The predicted molar refractivity (Wildman–Crippen MR) is 112 cm³/mol. The largest absolute Gasteiger partial charge is 0.495 e. The van der Waals surface area contributed by atoms with Crippen LogP contribution in [0, 0.1) is 0 Å². The number of carboxylic acid groups (broad SMARTS) is 1. The van der Waals surface area contributed by atoms with Crippen LogP contribution in [-0.2, 0) is 9.53 Å². The number of methoxy groups -OCH3 is 1. The third-order valence-electron chi connectivity index (χ3n) is 4.42. The van der Waals surface area contributed by atoms with Crippen molar-refractivity contribution in [3.05, 3.63) is 45.3 Å². The number of aromatic nitrogens is 1. The summed E-state index contributed by atoms with van der Waals surface area (Å²) in [5.41, 5.74) is -0.966. The van der Waals surface area contributed by atoms with Gasteiger partial charge in [0.05, 0.1) is 19.1 Å². The van der Waals surface area contributed by atoms with E-state index in [1.54, 1.807) is 13.8 Å². The highest BCUT2D eigenvalue weighted by Crippen LogP contribution is 2.42. The molecule has 0 saturated carbocycles. The Bertz CT molecular complexity index is 1010. The molecule has 0 bridgehead atoms. The summed E-state index contributed by atoms with van der Waals surface area (Å²) in [5.74, 6) is -2.84. The molecule has 0 saturated heterocycles. The number of aromatic amines is 1. The van der Waals surface area contributed by atoms with E-state index in [1.807, 2.05) is 0 Å². The summed E-state index contributed by atoms with van der Waals surface area (Å²) < 4.78 is 53.9. The summed E-state index contributed by atoms with van der Waals surface area (Å²) in [6.45, 7) is 2.00. The zero-order valence-electron chi connectivity index (χ0n) is 17.6. The number of halogens is 4. The number of aliphatic carboxylic acids is 1. The van der Waals surface area contributed by atoms with Gasteiger partial charge < -0.3 is 24.3 Å². The van der Waals surface area contributed by atoms with Crippen LogP contribution in [0.3, 0.4) is 0 Å². The number of alkyl halides is 3. The van der Waals surface area contributed by atoms with Crippen molar-refractivity contribution >= 4 is 17.6 Å². The number of pyridine rings is 1. The Morgan fingerprint density at radius 3 is 2.50 bits per heavy atom. The molecule has 0 amide bonds. The van der Waals surface area contributed by atoms with E-state index in [0.29, 0.717) is 0 Å². The van der Waals surface area contributed by atoms with Gasteiger partial charge in [0.1, 0.15) is 11.5 Å². The Morgan fingerprint density at radius 1 is 1.25 bits per heavy atom. The lowest BCUT2D eigenvalue weighted by atomic mass is 9.89. The van der Waals surface area contributed by atoms with E-state index < -0.39 is 30.2 Å². The minimum atomic E-state index is -4.62. The van der Waals surface area contributed by atoms with Gasteiger partial charge in [0.25, 0.3) is 5.56 Å². The van der Waals surface area contributed by atoms with Crippen LogP contribution < -0.4 is 15.0 Å². The summed E-state index contributed by atoms with van der Waals surface area (Å²) in [6, 6.07) is 3.82. The molecular formula is C21H23ClF3NO6. The van der Waals surface area contributed by atoms with Crippen molar-refractivity contribution in [2.24, 2.45) is 0 Å². The van der Waals surface area contributed by atoms with E-state index in [9.17, 15) is 27.9 Å². The third kappa shape index (κ3) is 6.64. The number of ether oxygens (including phenoxy) is 3. The van der Waals surface area contributed by atoms with Crippen LogP contribution in [0.1, 0.15) is 31.7 Å². The number of carboxylic acids is 1. The molecule has 32 heavy (non-hydrogen) atoms. The van der Waals surface area contributed by atoms with Gasteiger partial charge in [0.2, 0.25) is 0 Å². The fraction of sp³-hybridized carbons (Fsp3) is 0.429. The Hall–Kier alpha value is -2.72. The molecular weight excluding hydrogens is 455 g/mol. The highest BCUT2D eigenvalue weighted by atomic mass is 35.5. The van der Waals surface area contributed by atoms with Crippen molar-refractivity contribution in [3.63, 3.8) is 0 Å². The first-order chi connectivity index (χ1) is 14.9. The van der Waals surface area contributed by atoms with Gasteiger partial charge in [-0.1, -0.05) is 11.6 Å². The Morgan fingerprint density at radius 2 is 1.94 bits per heavy atom. The third-order valence-corrected chi connectivity index (χ3v) is 4.66. The number of hydrogen-bond acceptors (Lipinski definition) is 5. The molecule has 0 aliphatic heterocycles. The molecule has 1 heterocycles. The molecule has 0 aliphatic carbocycles. The summed E-state index contributed by atoms with van der Waals surface area (Å²) >= 11 is 6.06. The van der Waals surface area contributed by atoms with E-state index in [2.05, 4.69) is 4.98 Å². The summed E-state index contributed by atoms with van der Waals surface area (Å²) in [7, 11) is 1.28. The summed E-state index contributed by atoms with van der Waals surface area (Å²) in [4.78, 5) is 27.2. The first-order valence-corrected chi connectivity index (χ1v) is 9.95. The van der Waals surface area contributed by atoms with Crippen molar-refractivity contribution in [2.45, 2.75) is 38.5 Å². The quantitative estimate of drug-likeness (QED) is 0.518. The van der Waals surface area contributed by atoms with Crippen LogP contribution in [0.2, 0.25) is 5.02 Å². The maximum atomic E-state index is 12.8. The molecule has 0 spiro atoms. The summed E-state index contributed by atoms with van der Waals surface area (Å²) in [6.07, 6.45) is -3.65. The molecule has 1 unspecified atom stereocenters. The first kappa shape index (κ1) is 25.5. The lowest BCUT2D eigenvalue weighted by molar-refractivity contribution is -0.153. The van der Waals surface area contributed by atoms with Crippen LogP contribution in [0.15, 0.2) is 29.2 Å². The number of nitrogens with one attached hydrogen (secondary N) is 1. The number of H-pyrrole nitrogens is 1. The minimum Gasteiger partial charge on any atom is -0.495 e. The van der Waals surface area contributed by atoms with Gasteiger partial charge in [-0.25, -0.2) is 0 Å².